The maximum absolute atomic E-state index is 5.56. The van der Waals surface area contributed by atoms with E-state index in [-0.39, 0.29) is 0 Å². The van der Waals surface area contributed by atoms with Gasteiger partial charge in [-0.1, -0.05) is 0 Å². The smallest absolute Gasteiger partial charge is 0.168 e. The maximum atomic E-state index is 5.56. The Bertz CT molecular complexity index is 348. The molecule has 0 unspecified atom stereocenters. The monoisotopic (exact) mass is 235 g/mol. The molecule has 0 amide bonds. The first-order valence-corrected chi connectivity index (χ1v) is 6.32. The van der Waals surface area contributed by atoms with Crippen molar-refractivity contribution in [2.24, 2.45) is 0 Å². The van der Waals surface area contributed by atoms with Crippen molar-refractivity contribution in [1.29, 1.82) is 0 Å². The summed E-state index contributed by atoms with van der Waals surface area (Å²) in [7, 11) is 2.17. The van der Waals surface area contributed by atoms with Gasteiger partial charge in [-0.15, -0.1) is 0 Å². The first-order valence-electron chi connectivity index (χ1n) is 6.32. The fraction of sp³-hybridized carbons (Fsp3) is 0.615. The molecule has 1 aromatic heterocycles. The number of likely N-dealkylation sites (tertiary alicyclic amines) is 1. The van der Waals surface area contributed by atoms with Crippen LogP contribution in [-0.2, 0) is 0 Å². The molecule has 1 aliphatic heterocycles. The molecule has 2 heterocycles. The molecule has 17 heavy (non-hydrogen) atoms. The minimum atomic E-state index is 0.514. The predicted octanol–water partition coefficient (Wildman–Crippen LogP) is 1.99. The Morgan fingerprint density at radius 3 is 2.94 bits per heavy atom. The standard InChI is InChI=1S/C13H21N3O/c1-3-17-12-5-4-8-14-13(12)15-11-6-9-16(2)10-7-11/h4-5,8,11H,3,6-7,9-10H2,1-2H3,(H,14,15). The average Bonchev–Trinajstić information content (AvgIpc) is 2.35. The molecule has 4 heteroatoms. The second-order valence-electron chi connectivity index (χ2n) is 4.51. The van der Waals surface area contributed by atoms with Crippen molar-refractivity contribution < 1.29 is 4.74 Å². The normalized spacial score (nSPS) is 18.0. The van der Waals surface area contributed by atoms with Crippen LogP contribution in [0.5, 0.6) is 5.75 Å². The number of hydrogen-bond donors (Lipinski definition) is 1. The van der Waals surface area contributed by atoms with E-state index in [1.807, 2.05) is 19.1 Å². The van der Waals surface area contributed by atoms with E-state index < -0.39 is 0 Å². The Hall–Kier alpha value is -1.29. The molecule has 1 fully saturated rings. The molecular weight excluding hydrogens is 214 g/mol. The predicted molar refractivity (Wildman–Crippen MR) is 69.5 cm³/mol. The zero-order valence-corrected chi connectivity index (χ0v) is 10.6. The van der Waals surface area contributed by atoms with Gasteiger partial charge < -0.3 is 15.0 Å². The van der Waals surface area contributed by atoms with E-state index in [0.29, 0.717) is 12.6 Å². The Balaban J connectivity index is 1.98. The van der Waals surface area contributed by atoms with Gasteiger partial charge in [-0.2, -0.15) is 0 Å². The lowest BCUT2D eigenvalue weighted by Crippen LogP contribution is -2.36. The van der Waals surface area contributed by atoms with Crippen LogP contribution in [0.25, 0.3) is 0 Å². The molecule has 1 aromatic rings. The van der Waals surface area contributed by atoms with Crippen molar-refractivity contribution >= 4 is 5.82 Å². The molecule has 0 saturated carbocycles. The summed E-state index contributed by atoms with van der Waals surface area (Å²) in [6, 6.07) is 4.39. The summed E-state index contributed by atoms with van der Waals surface area (Å²) >= 11 is 0. The van der Waals surface area contributed by atoms with Crippen molar-refractivity contribution in [3.8, 4) is 5.75 Å². The summed E-state index contributed by atoms with van der Waals surface area (Å²) in [5, 5.41) is 3.49. The first kappa shape index (κ1) is 12.2. The van der Waals surface area contributed by atoms with Crippen LogP contribution in [0.15, 0.2) is 18.3 Å². The summed E-state index contributed by atoms with van der Waals surface area (Å²) < 4.78 is 5.56. The highest BCUT2D eigenvalue weighted by Crippen LogP contribution is 2.23. The Morgan fingerprint density at radius 1 is 1.47 bits per heavy atom. The van der Waals surface area contributed by atoms with E-state index in [1.165, 1.54) is 12.8 Å². The molecule has 4 nitrogen and oxygen atoms in total. The van der Waals surface area contributed by atoms with E-state index in [1.54, 1.807) is 6.20 Å². The zero-order valence-electron chi connectivity index (χ0n) is 10.6. The number of piperidine rings is 1. The number of ether oxygens (including phenoxy) is 1. The van der Waals surface area contributed by atoms with Crippen molar-refractivity contribution in [2.75, 3.05) is 32.1 Å². The van der Waals surface area contributed by atoms with Gasteiger partial charge in [0.25, 0.3) is 0 Å². The van der Waals surface area contributed by atoms with Gasteiger partial charge in [0.05, 0.1) is 6.61 Å². The number of pyridine rings is 1. The summed E-state index contributed by atoms with van der Waals surface area (Å²) in [6.07, 6.45) is 4.14. The van der Waals surface area contributed by atoms with E-state index in [0.717, 1.165) is 24.7 Å². The third-order valence-corrected chi connectivity index (χ3v) is 3.13. The van der Waals surface area contributed by atoms with Gasteiger partial charge in [-0.25, -0.2) is 4.98 Å². The molecule has 0 radical (unpaired) electrons. The van der Waals surface area contributed by atoms with Crippen LogP contribution in [0.1, 0.15) is 19.8 Å². The molecular formula is C13H21N3O. The third kappa shape index (κ3) is 3.33. The van der Waals surface area contributed by atoms with E-state index in [2.05, 4.69) is 22.2 Å². The number of nitrogens with zero attached hydrogens (tertiary/aromatic N) is 2. The highest BCUT2D eigenvalue weighted by molar-refractivity contribution is 5.50. The summed E-state index contributed by atoms with van der Waals surface area (Å²) in [4.78, 5) is 6.72. The Labute approximate surface area is 103 Å². The second kappa shape index (κ2) is 5.87. The minimum Gasteiger partial charge on any atom is -0.490 e. The van der Waals surface area contributed by atoms with Crippen LogP contribution in [0, 0.1) is 0 Å². The fourth-order valence-electron chi connectivity index (χ4n) is 2.12. The average molecular weight is 235 g/mol. The highest BCUT2D eigenvalue weighted by atomic mass is 16.5. The molecule has 0 aromatic carbocycles. The van der Waals surface area contributed by atoms with Gasteiger partial charge in [0.15, 0.2) is 11.6 Å². The second-order valence-corrected chi connectivity index (χ2v) is 4.51. The van der Waals surface area contributed by atoms with Crippen LogP contribution < -0.4 is 10.1 Å². The van der Waals surface area contributed by atoms with Gasteiger partial charge in [-0.05, 0) is 52.0 Å². The molecule has 2 rings (SSSR count). The summed E-state index contributed by atoms with van der Waals surface area (Å²) in [5.41, 5.74) is 0. The number of rotatable bonds is 4. The summed E-state index contributed by atoms with van der Waals surface area (Å²) in [6.45, 7) is 4.96. The van der Waals surface area contributed by atoms with Crippen LogP contribution >= 0.6 is 0 Å². The Kier molecular flexibility index (Phi) is 4.20. The lowest BCUT2D eigenvalue weighted by molar-refractivity contribution is 0.263. The largest absolute Gasteiger partial charge is 0.490 e. The van der Waals surface area contributed by atoms with Crippen molar-refractivity contribution in [2.45, 2.75) is 25.8 Å². The number of hydrogen-bond acceptors (Lipinski definition) is 4. The van der Waals surface area contributed by atoms with Crippen LogP contribution in [0.4, 0.5) is 5.82 Å². The van der Waals surface area contributed by atoms with Gasteiger partial charge in [0.1, 0.15) is 0 Å². The topological polar surface area (TPSA) is 37.4 Å². The third-order valence-electron chi connectivity index (χ3n) is 3.13. The molecule has 94 valence electrons. The zero-order chi connectivity index (χ0) is 12.1. The van der Waals surface area contributed by atoms with E-state index in [4.69, 9.17) is 4.74 Å². The van der Waals surface area contributed by atoms with Crippen molar-refractivity contribution in [3.63, 3.8) is 0 Å². The fourth-order valence-corrected chi connectivity index (χ4v) is 2.12. The lowest BCUT2D eigenvalue weighted by atomic mass is 10.1. The molecule has 0 spiro atoms. The Morgan fingerprint density at radius 2 is 2.24 bits per heavy atom. The molecule has 0 aliphatic carbocycles. The molecule has 1 aliphatic rings. The summed E-state index contributed by atoms with van der Waals surface area (Å²) in [5.74, 6) is 1.73. The van der Waals surface area contributed by atoms with Crippen LogP contribution in [-0.4, -0.2) is 42.7 Å². The minimum absolute atomic E-state index is 0.514. The molecule has 1 saturated heterocycles. The van der Waals surface area contributed by atoms with Gasteiger partial charge in [0, 0.05) is 12.2 Å². The number of aromatic nitrogens is 1. The molecule has 0 bridgehead atoms. The lowest BCUT2D eigenvalue weighted by Gasteiger charge is -2.30. The van der Waals surface area contributed by atoms with Gasteiger partial charge in [0.2, 0.25) is 0 Å². The quantitative estimate of drug-likeness (QED) is 0.866. The van der Waals surface area contributed by atoms with Crippen molar-refractivity contribution in [3.05, 3.63) is 18.3 Å². The highest BCUT2D eigenvalue weighted by Gasteiger charge is 2.17. The van der Waals surface area contributed by atoms with Gasteiger partial charge in [-0.3, -0.25) is 0 Å². The maximum Gasteiger partial charge on any atom is 0.168 e. The number of anilines is 1. The molecule has 0 atom stereocenters. The first-order chi connectivity index (χ1) is 8.29. The van der Waals surface area contributed by atoms with Crippen LogP contribution in [0.2, 0.25) is 0 Å². The SMILES string of the molecule is CCOc1cccnc1NC1CCN(C)CC1. The van der Waals surface area contributed by atoms with Crippen molar-refractivity contribution in [1.82, 2.24) is 9.88 Å². The van der Waals surface area contributed by atoms with Gasteiger partial charge >= 0.3 is 0 Å². The molecule has 1 N–H and O–H groups in total. The number of nitrogens with one attached hydrogen (secondary N) is 1. The van der Waals surface area contributed by atoms with E-state index in [9.17, 15) is 0 Å². The van der Waals surface area contributed by atoms with E-state index >= 15 is 0 Å². The van der Waals surface area contributed by atoms with Crippen LogP contribution in [0.3, 0.4) is 0 Å².